The fraction of sp³-hybridized carbons (Fsp3) is 0.500. The van der Waals surface area contributed by atoms with Gasteiger partial charge in [0.1, 0.15) is 10.7 Å². The molecule has 1 aromatic heterocycles. The monoisotopic (exact) mass is 335 g/mol. The van der Waals surface area contributed by atoms with Gasteiger partial charge < -0.3 is 10.8 Å². The summed E-state index contributed by atoms with van der Waals surface area (Å²) in [6.07, 6.45) is 1.85. The van der Waals surface area contributed by atoms with E-state index in [1.807, 2.05) is 0 Å². The normalized spacial score (nSPS) is 25.5. The molecule has 2 heterocycles. The first kappa shape index (κ1) is 13.7. The van der Waals surface area contributed by atoms with Gasteiger partial charge in [0.25, 0.3) is 0 Å². The predicted molar refractivity (Wildman–Crippen MR) is 70.3 cm³/mol. The van der Waals surface area contributed by atoms with Crippen LogP contribution in [0.3, 0.4) is 0 Å². The topological polar surface area (TPSA) is 96.5 Å². The summed E-state index contributed by atoms with van der Waals surface area (Å²) in [7, 11) is -3.71. The van der Waals surface area contributed by atoms with E-state index in [0.29, 0.717) is 10.9 Å². The molecule has 2 rings (SSSR count). The molecule has 6 nitrogen and oxygen atoms in total. The number of aliphatic hydroxyl groups is 1. The highest BCUT2D eigenvalue weighted by molar-refractivity contribution is 9.10. The van der Waals surface area contributed by atoms with Crippen LogP contribution in [0.5, 0.6) is 0 Å². The molecule has 0 aliphatic carbocycles. The van der Waals surface area contributed by atoms with Crippen LogP contribution in [0.2, 0.25) is 0 Å². The van der Waals surface area contributed by atoms with Crippen LogP contribution in [-0.4, -0.2) is 41.5 Å². The fourth-order valence-corrected chi connectivity index (χ4v) is 4.02. The Balaban J connectivity index is 2.40. The van der Waals surface area contributed by atoms with E-state index in [9.17, 15) is 13.5 Å². The third kappa shape index (κ3) is 2.51. The van der Waals surface area contributed by atoms with E-state index in [1.54, 1.807) is 6.92 Å². The first-order chi connectivity index (χ1) is 8.22. The molecule has 0 bridgehead atoms. The standard InChI is InChI=1S/C10H14BrN3O3S/c1-10(15)2-3-14(6-10)18(16,17)8-4-7(11)5-13-9(8)12/h4-5,15H,2-3,6H2,1H3,(H2,12,13). The molecule has 1 aliphatic heterocycles. The minimum Gasteiger partial charge on any atom is -0.389 e. The first-order valence-corrected chi connectivity index (χ1v) is 7.59. The van der Waals surface area contributed by atoms with E-state index >= 15 is 0 Å². The van der Waals surface area contributed by atoms with Crippen LogP contribution in [0.1, 0.15) is 13.3 Å². The molecule has 1 fully saturated rings. The average Bonchev–Trinajstić information content (AvgIpc) is 2.63. The maximum atomic E-state index is 12.4. The maximum Gasteiger partial charge on any atom is 0.246 e. The lowest BCUT2D eigenvalue weighted by molar-refractivity contribution is 0.0762. The van der Waals surface area contributed by atoms with Crippen LogP contribution in [0, 0.1) is 0 Å². The minimum absolute atomic E-state index is 0.0328. The van der Waals surface area contributed by atoms with Gasteiger partial charge in [0.05, 0.1) is 5.60 Å². The zero-order chi connectivity index (χ0) is 13.6. The Bertz CT molecular complexity index is 574. The van der Waals surface area contributed by atoms with Gasteiger partial charge in [0.15, 0.2) is 0 Å². The highest BCUT2D eigenvalue weighted by atomic mass is 79.9. The first-order valence-electron chi connectivity index (χ1n) is 5.36. The lowest BCUT2D eigenvalue weighted by Gasteiger charge is -2.19. The lowest BCUT2D eigenvalue weighted by atomic mass is 10.1. The molecule has 0 amide bonds. The summed E-state index contributed by atoms with van der Waals surface area (Å²) >= 11 is 3.17. The van der Waals surface area contributed by atoms with Crippen molar-refractivity contribution in [1.29, 1.82) is 0 Å². The third-order valence-electron chi connectivity index (χ3n) is 2.88. The van der Waals surface area contributed by atoms with Gasteiger partial charge in [0, 0.05) is 23.8 Å². The van der Waals surface area contributed by atoms with Crippen molar-refractivity contribution >= 4 is 31.8 Å². The van der Waals surface area contributed by atoms with Crippen molar-refractivity contribution in [2.45, 2.75) is 23.8 Å². The van der Waals surface area contributed by atoms with E-state index in [4.69, 9.17) is 5.73 Å². The number of hydrogen-bond donors (Lipinski definition) is 2. The quantitative estimate of drug-likeness (QED) is 0.823. The minimum atomic E-state index is -3.71. The van der Waals surface area contributed by atoms with Crippen LogP contribution in [-0.2, 0) is 10.0 Å². The van der Waals surface area contributed by atoms with Crippen molar-refractivity contribution in [1.82, 2.24) is 9.29 Å². The molecule has 100 valence electrons. The molecule has 0 spiro atoms. The molecule has 0 saturated carbocycles. The molecular weight excluding hydrogens is 322 g/mol. The van der Waals surface area contributed by atoms with Gasteiger partial charge in [-0.05, 0) is 35.3 Å². The van der Waals surface area contributed by atoms with Crippen LogP contribution in [0.4, 0.5) is 5.82 Å². The smallest absolute Gasteiger partial charge is 0.246 e. The second kappa shape index (κ2) is 4.44. The Kier molecular flexibility index (Phi) is 3.39. The van der Waals surface area contributed by atoms with E-state index in [0.717, 1.165) is 0 Å². The Morgan fingerprint density at radius 1 is 1.61 bits per heavy atom. The number of pyridine rings is 1. The van der Waals surface area contributed by atoms with Gasteiger partial charge in [-0.15, -0.1) is 0 Å². The number of nitrogen functional groups attached to an aromatic ring is 1. The van der Waals surface area contributed by atoms with Crippen molar-refractivity contribution in [2.75, 3.05) is 18.8 Å². The third-order valence-corrected chi connectivity index (χ3v) is 5.19. The van der Waals surface area contributed by atoms with Gasteiger partial charge in [-0.1, -0.05) is 0 Å². The Hall–Kier alpha value is -0.700. The fourth-order valence-electron chi connectivity index (χ4n) is 1.89. The number of nitrogens with two attached hydrogens (primary N) is 1. The summed E-state index contributed by atoms with van der Waals surface area (Å²) in [6, 6.07) is 1.42. The number of halogens is 1. The van der Waals surface area contributed by atoms with Crippen molar-refractivity contribution < 1.29 is 13.5 Å². The number of aromatic nitrogens is 1. The number of rotatable bonds is 2. The summed E-state index contributed by atoms with van der Waals surface area (Å²) in [5.41, 5.74) is 4.63. The zero-order valence-corrected chi connectivity index (χ0v) is 12.2. The zero-order valence-electron chi connectivity index (χ0n) is 9.80. The molecule has 3 N–H and O–H groups in total. The Morgan fingerprint density at radius 3 is 2.83 bits per heavy atom. The van der Waals surface area contributed by atoms with Crippen molar-refractivity contribution in [2.24, 2.45) is 0 Å². The van der Waals surface area contributed by atoms with Crippen LogP contribution < -0.4 is 5.73 Å². The Morgan fingerprint density at radius 2 is 2.28 bits per heavy atom. The van der Waals surface area contributed by atoms with Crippen molar-refractivity contribution in [3.8, 4) is 0 Å². The molecular formula is C10H14BrN3O3S. The van der Waals surface area contributed by atoms with Gasteiger partial charge in [0.2, 0.25) is 10.0 Å². The molecule has 8 heteroatoms. The highest BCUT2D eigenvalue weighted by Crippen LogP contribution is 2.29. The van der Waals surface area contributed by atoms with E-state index in [-0.39, 0.29) is 23.8 Å². The lowest BCUT2D eigenvalue weighted by Crippen LogP contribution is -2.34. The highest BCUT2D eigenvalue weighted by Gasteiger charge is 2.39. The molecule has 18 heavy (non-hydrogen) atoms. The number of β-amino-alcohol motifs (C(OH)–C–C–N with tert-alkyl or cyclic N) is 1. The second-order valence-corrected chi connectivity index (χ2v) is 7.44. The predicted octanol–water partition coefficient (Wildman–Crippen LogP) is 0.572. The van der Waals surface area contributed by atoms with Gasteiger partial charge in [-0.2, -0.15) is 4.31 Å². The van der Waals surface area contributed by atoms with Crippen molar-refractivity contribution in [3.05, 3.63) is 16.7 Å². The SMILES string of the molecule is CC1(O)CCN(S(=O)(=O)c2cc(Br)cnc2N)C1. The molecule has 0 aromatic carbocycles. The summed E-state index contributed by atoms with van der Waals surface area (Å²) < 4.78 is 26.5. The summed E-state index contributed by atoms with van der Waals surface area (Å²) in [5, 5.41) is 9.84. The molecule has 1 aromatic rings. The molecule has 1 atom stereocenters. The van der Waals surface area contributed by atoms with Gasteiger partial charge in [-0.3, -0.25) is 0 Å². The number of sulfonamides is 1. The molecule has 1 saturated heterocycles. The van der Waals surface area contributed by atoms with Gasteiger partial charge in [-0.25, -0.2) is 13.4 Å². The van der Waals surface area contributed by atoms with E-state index in [1.165, 1.54) is 16.6 Å². The summed E-state index contributed by atoms with van der Waals surface area (Å²) in [6.45, 7) is 1.97. The summed E-state index contributed by atoms with van der Waals surface area (Å²) in [5.74, 6) is -0.0373. The maximum absolute atomic E-state index is 12.4. The molecule has 0 radical (unpaired) electrons. The van der Waals surface area contributed by atoms with Crippen LogP contribution in [0.15, 0.2) is 21.6 Å². The number of anilines is 1. The molecule has 1 unspecified atom stereocenters. The summed E-state index contributed by atoms with van der Waals surface area (Å²) in [4.78, 5) is 3.78. The van der Waals surface area contributed by atoms with E-state index in [2.05, 4.69) is 20.9 Å². The van der Waals surface area contributed by atoms with E-state index < -0.39 is 15.6 Å². The number of nitrogens with zero attached hydrogens (tertiary/aromatic N) is 2. The largest absolute Gasteiger partial charge is 0.389 e. The Labute approximate surface area is 114 Å². The van der Waals surface area contributed by atoms with Crippen molar-refractivity contribution in [3.63, 3.8) is 0 Å². The van der Waals surface area contributed by atoms with Crippen LogP contribution in [0.25, 0.3) is 0 Å². The van der Waals surface area contributed by atoms with Crippen LogP contribution >= 0.6 is 15.9 Å². The average molecular weight is 336 g/mol. The molecule has 1 aliphatic rings. The van der Waals surface area contributed by atoms with Gasteiger partial charge >= 0.3 is 0 Å². The second-order valence-electron chi connectivity index (χ2n) is 4.62. The number of hydrogen-bond acceptors (Lipinski definition) is 5.